The molecule has 0 saturated carbocycles. The van der Waals surface area contributed by atoms with E-state index < -0.39 is 18.1 Å². The van der Waals surface area contributed by atoms with E-state index in [0.717, 1.165) is 22.3 Å². The normalized spacial score (nSPS) is 14.4. The molecule has 94 valence electrons. The van der Waals surface area contributed by atoms with Crippen molar-refractivity contribution in [1.29, 1.82) is 0 Å². The van der Waals surface area contributed by atoms with Crippen LogP contribution in [0.4, 0.5) is 0 Å². The van der Waals surface area contributed by atoms with Gasteiger partial charge < -0.3 is 15.9 Å². The van der Waals surface area contributed by atoms with E-state index in [1.54, 1.807) is 0 Å². The van der Waals surface area contributed by atoms with Crippen LogP contribution in [0.25, 0.3) is 0 Å². The van der Waals surface area contributed by atoms with Crippen LogP contribution in [0.1, 0.15) is 22.3 Å². The van der Waals surface area contributed by atoms with Crippen molar-refractivity contribution in [2.45, 2.75) is 39.3 Å². The van der Waals surface area contributed by atoms with Crippen LogP contribution < -0.4 is 5.73 Å². The van der Waals surface area contributed by atoms with E-state index in [1.165, 1.54) is 0 Å². The Morgan fingerprint density at radius 1 is 1.29 bits per heavy atom. The number of aliphatic carboxylic acids is 1. The largest absolute Gasteiger partial charge is 0.480 e. The van der Waals surface area contributed by atoms with Crippen molar-refractivity contribution >= 4 is 5.97 Å². The van der Waals surface area contributed by atoms with E-state index in [1.807, 2.05) is 32.9 Å². The predicted molar refractivity (Wildman–Crippen MR) is 66.0 cm³/mol. The van der Waals surface area contributed by atoms with E-state index in [4.69, 9.17) is 10.8 Å². The van der Waals surface area contributed by atoms with Crippen molar-refractivity contribution in [3.63, 3.8) is 0 Å². The maximum absolute atomic E-state index is 10.7. The average molecular weight is 237 g/mol. The first-order chi connectivity index (χ1) is 7.82. The number of aliphatic hydroxyl groups excluding tert-OH is 1. The lowest BCUT2D eigenvalue weighted by Gasteiger charge is -2.18. The third-order valence-electron chi connectivity index (χ3n) is 2.95. The third kappa shape index (κ3) is 3.28. The molecule has 4 heteroatoms. The minimum atomic E-state index is -1.24. The van der Waals surface area contributed by atoms with Gasteiger partial charge in [0.15, 0.2) is 0 Å². The standard InChI is InChI=1S/C13H19NO3/c1-7-4-8(2)10(9(3)5-7)6-11(15)12(14)13(16)17/h4-5,11-12,15H,6,14H2,1-3H3,(H,16,17). The molecule has 0 aliphatic heterocycles. The summed E-state index contributed by atoms with van der Waals surface area (Å²) >= 11 is 0. The summed E-state index contributed by atoms with van der Waals surface area (Å²) in [6.07, 6.45) is -0.793. The zero-order valence-corrected chi connectivity index (χ0v) is 10.4. The quantitative estimate of drug-likeness (QED) is 0.727. The Hall–Kier alpha value is -1.39. The molecule has 0 heterocycles. The first-order valence-electron chi connectivity index (χ1n) is 5.56. The van der Waals surface area contributed by atoms with Crippen molar-refractivity contribution in [3.8, 4) is 0 Å². The van der Waals surface area contributed by atoms with E-state index >= 15 is 0 Å². The van der Waals surface area contributed by atoms with Gasteiger partial charge in [0.2, 0.25) is 0 Å². The van der Waals surface area contributed by atoms with Crippen LogP contribution in [-0.4, -0.2) is 28.3 Å². The molecular formula is C13H19NO3. The van der Waals surface area contributed by atoms with Gasteiger partial charge in [0.1, 0.15) is 6.04 Å². The maximum atomic E-state index is 10.7. The topological polar surface area (TPSA) is 83.5 Å². The number of benzene rings is 1. The SMILES string of the molecule is Cc1cc(C)c(CC(O)C(N)C(=O)O)c(C)c1. The van der Waals surface area contributed by atoms with Crippen molar-refractivity contribution in [3.05, 3.63) is 34.4 Å². The van der Waals surface area contributed by atoms with E-state index in [9.17, 15) is 9.90 Å². The molecule has 1 aromatic rings. The fraction of sp³-hybridized carbons (Fsp3) is 0.462. The average Bonchev–Trinajstić information content (AvgIpc) is 2.21. The van der Waals surface area contributed by atoms with Crippen LogP contribution in [0, 0.1) is 20.8 Å². The van der Waals surface area contributed by atoms with Gasteiger partial charge >= 0.3 is 5.97 Å². The number of carboxylic acid groups (broad SMARTS) is 1. The highest BCUT2D eigenvalue weighted by Gasteiger charge is 2.23. The molecule has 0 radical (unpaired) electrons. The van der Waals surface area contributed by atoms with Crippen LogP contribution in [0.5, 0.6) is 0 Å². The second-order valence-electron chi connectivity index (χ2n) is 4.51. The monoisotopic (exact) mass is 237 g/mol. The molecule has 0 aromatic heterocycles. The third-order valence-corrected chi connectivity index (χ3v) is 2.95. The molecule has 4 N–H and O–H groups in total. The lowest BCUT2D eigenvalue weighted by atomic mass is 9.93. The molecule has 0 aliphatic rings. The number of carboxylic acids is 1. The Labute approximate surface area is 101 Å². The van der Waals surface area contributed by atoms with Crippen LogP contribution in [0.2, 0.25) is 0 Å². The first kappa shape index (κ1) is 13.7. The lowest BCUT2D eigenvalue weighted by molar-refractivity contribution is -0.141. The minimum Gasteiger partial charge on any atom is -0.480 e. The number of nitrogens with two attached hydrogens (primary N) is 1. The van der Waals surface area contributed by atoms with E-state index in [-0.39, 0.29) is 6.42 Å². The molecule has 0 fully saturated rings. The van der Waals surface area contributed by atoms with Gasteiger partial charge in [-0.15, -0.1) is 0 Å². The smallest absolute Gasteiger partial charge is 0.323 e. The number of hydrogen-bond acceptors (Lipinski definition) is 3. The summed E-state index contributed by atoms with van der Waals surface area (Å²) in [4.78, 5) is 10.7. The Balaban J connectivity index is 2.92. The van der Waals surface area contributed by atoms with Gasteiger partial charge in [-0.2, -0.15) is 0 Å². The molecule has 1 rings (SSSR count). The minimum absolute atomic E-state index is 0.269. The molecule has 4 nitrogen and oxygen atoms in total. The highest BCUT2D eigenvalue weighted by Crippen LogP contribution is 2.18. The summed E-state index contributed by atoms with van der Waals surface area (Å²) in [5, 5.41) is 18.5. The van der Waals surface area contributed by atoms with Crippen molar-refractivity contribution in [2.75, 3.05) is 0 Å². The number of carbonyl (C=O) groups is 1. The first-order valence-corrected chi connectivity index (χ1v) is 5.56. The molecular weight excluding hydrogens is 218 g/mol. The van der Waals surface area contributed by atoms with Crippen molar-refractivity contribution < 1.29 is 15.0 Å². The molecule has 0 bridgehead atoms. The van der Waals surface area contributed by atoms with E-state index in [0.29, 0.717) is 0 Å². The highest BCUT2D eigenvalue weighted by molar-refractivity contribution is 5.74. The highest BCUT2D eigenvalue weighted by atomic mass is 16.4. The summed E-state index contributed by atoms with van der Waals surface area (Å²) in [7, 11) is 0. The van der Waals surface area contributed by atoms with Gasteiger partial charge in [-0.3, -0.25) is 4.79 Å². The van der Waals surface area contributed by atoms with Crippen molar-refractivity contribution in [1.82, 2.24) is 0 Å². The molecule has 0 aliphatic carbocycles. The number of rotatable bonds is 4. The number of aliphatic hydroxyl groups is 1. The molecule has 0 saturated heterocycles. The zero-order valence-electron chi connectivity index (χ0n) is 10.4. The summed E-state index contributed by atoms with van der Waals surface area (Å²) in [6, 6.07) is 2.79. The van der Waals surface area contributed by atoms with E-state index in [2.05, 4.69) is 0 Å². The van der Waals surface area contributed by atoms with Crippen molar-refractivity contribution in [2.24, 2.45) is 5.73 Å². The van der Waals surface area contributed by atoms with Crippen LogP contribution in [0.15, 0.2) is 12.1 Å². The summed E-state index contributed by atoms with van der Waals surface area (Å²) < 4.78 is 0. The molecule has 0 amide bonds. The van der Waals surface area contributed by atoms with Gasteiger partial charge in [-0.1, -0.05) is 17.7 Å². The number of aryl methyl sites for hydroxylation is 3. The van der Waals surface area contributed by atoms with Crippen LogP contribution >= 0.6 is 0 Å². The fourth-order valence-electron chi connectivity index (χ4n) is 2.03. The van der Waals surface area contributed by atoms with Gasteiger partial charge in [-0.05, 0) is 37.5 Å². The molecule has 1 aromatic carbocycles. The maximum Gasteiger partial charge on any atom is 0.323 e. The molecule has 0 spiro atoms. The second-order valence-corrected chi connectivity index (χ2v) is 4.51. The van der Waals surface area contributed by atoms with Gasteiger partial charge in [-0.25, -0.2) is 0 Å². The Morgan fingerprint density at radius 2 is 1.76 bits per heavy atom. The molecule has 2 unspecified atom stereocenters. The zero-order chi connectivity index (χ0) is 13.2. The van der Waals surface area contributed by atoms with Gasteiger partial charge in [0, 0.05) is 6.42 Å². The van der Waals surface area contributed by atoms with Gasteiger partial charge in [0.25, 0.3) is 0 Å². The lowest BCUT2D eigenvalue weighted by Crippen LogP contribution is -2.43. The van der Waals surface area contributed by atoms with Gasteiger partial charge in [0.05, 0.1) is 6.10 Å². The Bertz CT molecular complexity index is 406. The van der Waals surface area contributed by atoms with Crippen LogP contribution in [0.3, 0.4) is 0 Å². The summed E-state index contributed by atoms with van der Waals surface area (Å²) in [5.41, 5.74) is 9.62. The number of hydrogen-bond donors (Lipinski definition) is 3. The fourth-order valence-corrected chi connectivity index (χ4v) is 2.03. The predicted octanol–water partition coefficient (Wildman–Crippen LogP) is 0.927. The van der Waals surface area contributed by atoms with Crippen LogP contribution in [-0.2, 0) is 11.2 Å². The Morgan fingerprint density at radius 3 is 2.18 bits per heavy atom. The summed E-state index contributed by atoms with van der Waals surface area (Å²) in [6.45, 7) is 5.91. The molecule has 2 atom stereocenters. The summed E-state index contributed by atoms with van der Waals surface area (Å²) in [5.74, 6) is -1.18. The Kier molecular flexibility index (Phi) is 4.26. The molecule has 17 heavy (non-hydrogen) atoms. The second kappa shape index (κ2) is 5.29.